The Balaban J connectivity index is 2.33. The maximum Gasteiger partial charge on any atom is 0.145 e. The maximum atomic E-state index is 14.1. The first-order valence-corrected chi connectivity index (χ1v) is 8.12. The summed E-state index contributed by atoms with van der Waals surface area (Å²) in [6, 6.07) is 11.4. The van der Waals surface area contributed by atoms with Crippen LogP contribution in [0.5, 0.6) is 0 Å². The second-order valence-electron chi connectivity index (χ2n) is 5.05. The summed E-state index contributed by atoms with van der Waals surface area (Å²) in [5.41, 5.74) is 2.94. The fraction of sp³-hybridized carbons (Fsp3) is 0.294. The normalized spacial score (nSPS) is 12.4. The number of hydrogen-bond donors (Lipinski definition) is 1. The molecular weight excluding hydrogens is 353 g/mol. The number of rotatable bonds is 5. The molecule has 0 aromatic heterocycles. The van der Waals surface area contributed by atoms with Gasteiger partial charge in [-0.3, -0.25) is 0 Å². The van der Waals surface area contributed by atoms with E-state index in [1.54, 1.807) is 18.2 Å². The highest BCUT2D eigenvalue weighted by Gasteiger charge is 2.17. The van der Waals surface area contributed by atoms with Gasteiger partial charge in [0.25, 0.3) is 0 Å². The average Bonchev–Trinajstić information content (AvgIpc) is 2.43. The summed E-state index contributed by atoms with van der Waals surface area (Å²) in [6.07, 6.45) is 0.557. The zero-order valence-corrected chi connectivity index (χ0v) is 14.4. The molecule has 2 aromatic rings. The second kappa shape index (κ2) is 7.39. The van der Waals surface area contributed by atoms with Crippen molar-refractivity contribution in [2.45, 2.75) is 26.3 Å². The molecule has 1 nitrogen and oxygen atoms in total. The third-order valence-corrected chi connectivity index (χ3v) is 4.42. The summed E-state index contributed by atoms with van der Waals surface area (Å²) in [7, 11) is 0. The summed E-state index contributed by atoms with van der Waals surface area (Å²) in [5.74, 6) is -0.328. The van der Waals surface area contributed by atoms with Crippen LogP contribution in [-0.4, -0.2) is 6.54 Å². The van der Waals surface area contributed by atoms with Gasteiger partial charge < -0.3 is 5.32 Å². The van der Waals surface area contributed by atoms with Crippen molar-refractivity contribution in [3.63, 3.8) is 0 Å². The van der Waals surface area contributed by atoms with Gasteiger partial charge in [0.2, 0.25) is 0 Å². The lowest BCUT2D eigenvalue weighted by molar-refractivity contribution is 0.526. The highest BCUT2D eigenvalue weighted by molar-refractivity contribution is 9.10. The molecule has 0 aliphatic rings. The molecule has 0 amide bonds. The minimum absolute atomic E-state index is 0.0398. The third-order valence-electron chi connectivity index (χ3n) is 3.44. The zero-order chi connectivity index (χ0) is 15.4. The van der Waals surface area contributed by atoms with Gasteiger partial charge in [-0.15, -0.1) is 0 Å². The van der Waals surface area contributed by atoms with Crippen molar-refractivity contribution in [2.24, 2.45) is 0 Å². The van der Waals surface area contributed by atoms with Crippen LogP contribution in [0.3, 0.4) is 0 Å². The number of hydrogen-bond acceptors (Lipinski definition) is 1. The topological polar surface area (TPSA) is 12.0 Å². The first-order valence-electron chi connectivity index (χ1n) is 6.95. The Bertz CT molecular complexity index is 630. The van der Waals surface area contributed by atoms with E-state index in [2.05, 4.69) is 39.4 Å². The first-order chi connectivity index (χ1) is 10.0. The van der Waals surface area contributed by atoms with E-state index in [1.807, 2.05) is 13.8 Å². The quantitative estimate of drug-likeness (QED) is 0.738. The van der Waals surface area contributed by atoms with Gasteiger partial charge in [0, 0.05) is 10.5 Å². The highest BCUT2D eigenvalue weighted by Crippen LogP contribution is 2.29. The zero-order valence-electron chi connectivity index (χ0n) is 12.1. The van der Waals surface area contributed by atoms with Gasteiger partial charge in [-0.2, -0.15) is 0 Å². The Kier molecular flexibility index (Phi) is 5.80. The smallest absolute Gasteiger partial charge is 0.145 e. The molecule has 1 atom stereocenters. The average molecular weight is 371 g/mol. The van der Waals surface area contributed by atoms with Crippen molar-refractivity contribution in [2.75, 3.05) is 6.54 Å². The fourth-order valence-corrected chi connectivity index (χ4v) is 3.34. The third kappa shape index (κ3) is 4.06. The van der Waals surface area contributed by atoms with Gasteiger partial charge >= 0.3 is 0 Å². The second-order valence-corrected chi connectivity index (χ2v) is 6.31. The van der Waals surface area contributed by atoms with Crippen molar-refractivity contribution >= 4 is 27.5 Å². The molecule has 1 unspecified atom stereocenters. The lowest BCUT2D eigenvalue weighted by Crippen LogP contribution is -2.23. The van der Waals surface area contributed by atoms with E-state index < -0.39 is 0 Å². The van der Waals surface area contributed by atoms with Crippen LogP contribution in [0.4, 0.5) is 4.39 Å². The molecule has 0 saturated heterocycles. The molecule has 0 saturated carbocycles. The van der Waals surface area contributed by atoms with Gasteiger partial charge in [0.1, 0.15) is 5.82 Å². The summed E-state index contributed by atoms with van der Waals surface area (Å²) in [4.78, 5) is 0. The lowest BCUT2D eigenvalue weighted by Gasteiger charge is -2.21. The Morgan fingerprint density at radius 3 is 2.71 bits per heavy atom. The molecule has 2 rings (SSSR count). The lowest BCUT2D eigenvalue weighted by atomic mass is 9.97. The van der Waals surface area contributed by atoms with Crippen LogP contribution in [-0.2, 0) is 6.42 Å². The van der Waals surface area contributed by atoms with Crippen LogP contribution in [0.1, 0.15) is 29.7 Å². The first kappa shape index (κ1) is 16.5. The van der Waals surface area contributed by atoms with E-state index >= 15 is 0 Å². The van der Waals surface area contributed by atoms with Crippen LogP contribution in [0.2, 0.25) is 5.02 Å². The van der Waals surface area contributed by atoms with Gasteiger partial charge in [0.15, 0.2) is 0 Å². The van der Waals surface area contributed by atoms with Crippen LogP contribution < -0.4 is 5.32 Å². The molecule has 4 heteroatoms. The van der Waals surface area contributed by atoms with E-state index in [9.17, 15) is 4.39 Å². The summed E-state index contributed by atoms with van der Waals surface area (Å²) < 4.78 is 15.1. The molecule has 0 bridgehead atoms. The van der Waals surface area contributed by atoms with E-state index in [0.717, 1.165) is 16.6 Å². The molecule has 0 radical (unpaired) electrons. The van der Waals surface area contributed by atoms with Gasteiger partial charge in [-0.05, 0) is 48.7 Å². The van der Waals surface area contributed by atoms with Crippen LogP contribution in [0.15, 0.2) is 40.9 Å². The van der Waals surface area contributed by atoms with E-state index in [-0.39, 0.29) is 16.9 Å². The molecule has 1 N–H and O–H groups in total. The van der Waals surface area contributed by atoms with E-state index in [1.165, 1.54) is 5.56 Å². The van der Waals surface area contributed by atoms with E-state index in [4.69, 9.17) is 11.6 Å². The molecule has 2 aromatic carbocycles. The molecule has 0 heterocycles. The fourth-order valence-electron chi connectivity index (χ4n) is 2.38. The van der Waals surface area contributed by atoms with Crippen molar-refractivity contribution in [3.8, 4) is 0 Å². The maximum absolute atomic E-state index is 14.1. The van der Waals surface area contributed by atoms with Crippen molar-refractivity contribution in [3.05, 3.63) is 68.4 Å². The Morgan fingerprint density at radius 1 is 1.29 bits per heavy atom. The molecule has 0 aliphatic carbocycles. The van der Waals surface area contributed by atoms with Crippen LogP contribution in [0.25, 0.3) is 0 Å². The predicted molar refractivity (Wildman–Crippen MR) is 90.4 cm³/mol. The minimum Gasteiger partial charge on any atom is -0.310 e. The van der Waals surface area contributed by atoms with Crippen molar-refractivity contribution in [1.29, 1.82) is 0 Å². The van der Waals surface area contributed by atoms with Crippen molar-refractivity contribution < 1.29 is 4.39 Å². The Labute approximate surface area is 138 Å². The number of aryl methyl sites for hydroxylation is 1. The summed E-state index contributed by atoms with van der Waals surface area (Å²) >= 11 is 9.47. The largest absolute Gasteiger partial charge is 0.310 e. The Morgan fingerprint density at radius 2 is 2.05 bits per heavy atom. The number of benzene rings is 2. The molecule has 21 heavy (non-hydrogen) atoms. The van der Waals surface area contributed by atoms with Crippen LogP contribution in [0, 0.1) is 12.7 Å². The molecule has 0 spiro atoms. The number of likely N-dealkylation sites (N-methyl/N-ethyl adjacent to an activating group) is 1. The standard InChI is InChI=1S/C17H18BrClFN/c1-3-21-16(13-8-7-11(2)9-14(13)18)10-12-5-4-6-15(19)17(12)20/h4-9,16,21H,3,10H2,1-2H3. The molecular formula is C17H18BrClFN. The summed E-state index contributed by atoms with van der Waals surface area (Å²) in [6.45, 7) is 4.91. The Hall–Kier alpha value is -0.900. The van der Waals surface area contributed by atoms with Crippen molar-refractivity contribution in [1.82, 2.24) is 5.32 Å². The van der Waals surface area contributed by atoms with Crippen LogP contribution >= 0.6 is 27.5 Å². The number of nitrogens with one attached hydrogen (secondary N) is 1. The predicted octanol–water partition coefficient (Wildman–Crippen LogP) is 5.44. The molecule has 0 aliphatic heterocycles. The number of halogens is 3. The molecule has 0 fully saturated rings. The monoisotopic (exact) mass is 369 g/mol. The highest BCUT2D eigenvalue weighted by atomic mass is 79.9. The SMILES string of the molecule is CCNC(Cc1cccc(Cl)c1F)c1ccc(C)cc1Br. The minimum atomic E-state index is -0.328. The van der Waals surface area contributed by atoms with E-state index in [0.29, 0.717) is 12.0 Å². The van der Waals surface area contributed by atoms with Gasteiger partial charge in [-0.1, -0.05) is 58.7 Å². The molecule has 112 valence electrons. The summed E-state index contributed by atoms with van der Waals surface area (Å²) in [5, 5.41) is 3.59. The van der Waals surface area contributed by atoms with Gasteiger partial charge in [0.05, 0.1) is 5.02 Å². The van der Waals surface area contributed by atoms with Gasteiger partial charge in [-0.25, -0.2) is 4.39 Å².